The van der Waals surface area contributed by atoms with Gasteiger partial charge in [-0.25, -0.2) is 0 Å². The largest absolute Gasteiger partial charge is 0.462 e. The fourth-order valence-corrected chi connectivity index (χ4v) is 13.7. The van der Waals surface area contributed by atoms with E-state index in [1.165, 1.54) is 102 Å². The highest BCUT2D eigenvalue weighted by Crippen LogP contribution is 2.88. The summed E-state index contributed by atoms with van der Waals surface area (Å²) in [4.78, 5) is 13.0. The Morgan fingerprint density at radius 3 is 2.24 bits per heavy atom. The smallest absolute Gasteiger partial charge is 0.306 e. The summed E-state index contributed by atoms with van der Waals surface area (Å²) in [5.74, 6) is 4.64. The quantitative estimate of drug-likeness (QED) is 0.0718. The number of allylic oxidation sites excluding steroid dienone is 7. The molecule has 0 aromatic carbocycles. The molecule has 0 heterocycles. The number of carbonyl (C=O) groups excluding carboxylic acids is 1. The van der Waals surface area contributed by atoms with Gasteiger partial charge >= 0.3 is 5.97 Å². The van der Waals surface area contributed by atoms with E-state index in [-0.39, 0.29) is 12.1 Å². The monoisotopic (exact) mass is 701 g/mol. The lowest BCUT2D eigenvalue weighted by atomic mass is 9.43. The van der Waals surface area contributed by atoms with Crippen molar-refractivity contribution in [1.29, 1.82) is 0 Å². The van der Waals surface area contributed by atoms with Crippen molar-refractivity contribution >= 4 is 5.97 Å². The molecule has 5 rings (SSSR count). The zero-order chi connectivity index (χ0) is 36.7. The molecule has 5 fully saturated rings. The minimum absolute atomic E-state index is 0.0729. The third-order valence-corrected chi connectivity index (χ3v) is 16.9. The van der Waals surface area contributed by atoms with Crippen molar-refractivity contribution < 1.29 is 9.53 Å². The summed E-state index contributed by atoms with van der Waals surface area (Å²) in [6.07, 6.45) is 41.0. The molecular weight excluding hydrogens is 621 g/mol. The van der Waals surface area contributed by atoms with Crippen LogP contribution in [0.5, 0.6) is 0 Å². The Hall–Kier alpha value is -1.57. The molecular formula is C49H80O2. The minimum Gasteiger partial charge on any atom is -0.462 e. The summed E-state index contributed by atoms with van der Waals surface area (Å²) in [5, 5.41) is 0. The van der Waals surface area contributed by atoms with Crippen molar-refractivity contribution in [2.24, 2.45) is 57.2 Å². The second-order valence-electron chi connectivity index (χ2n) is 19.2. The fourth-order valence-electron chi connectivity index (χ4n) is 13.7. The van der Waals surface area contributed by atoms with Gasteiger partial charge in [0.05, 0.1) is 0 Å². The topological polar surface area (TPSA) is 26.3 Å². The Kier molecular flexibility index (Phi) is 14.1. The number of unbranched alkanes of at least 4 members (excludes halogenated alkanes) is 5. The molecule has 2 nitrogen and oxygen atoms in total. The highest BCUT2D eigenvalue weighted by Gasteiger charge is 2.81. The molecule has 5 aliphatic rings. The van der Waals surface area contributed by atoms with Gasteiger partial charge in [-0.15, -0.1) is 0 Å². The van der Waals surface area contributed by atoms with Crippen molar-refractivity contribution in [1.82, 2.24) is 0 Å². The molecule has 0 bridgehead atoms. The van der Waals surface area contributed by atoms with E-state index in [0.717, 1.165) is 62.2 Å². The normalized spacial score (nSPS) is 38.3. The number of hydrogen-bond donors (Lipinski definition) is 0. The van der Waals surface area contributed by atoms with Crippen molar-refractivity contribution in [2.45, 2.75) is 196 Å². The number of fused-ring (bicyclic) bond motifs is 2. The van der Waals surface area contributed by atoms with E-state index < -0.39 is 0 Å². The molecule has 0 aromatic heterocycles. The van der Waals surface area contributed by atoms with Gasteiger partial charge in [0.2, 0.25) is 0 Å². The van der Waals surface area contributed by atoms with Crippen LogP contribution in [0.2, 0.25) is 0 Å². The summed E-state index contributed by atoms with van der Waals surface area (Å²) < 4.78 is 6.31. The third-order valence-electron chi connectivity index (χ3n) is 16.9. The third kappa shape index (κ3) is 8.26. The van der Waals surface area contributed by atoms with Gasteiger partial charge in [0, 0.05) is 6.42 Å². The SMILES string of the molecule is C=C(C)C(CC)CCC(C)C1CCC2(C)C3CCC4C(C)C(OC(=O)CCCCCCCC=CCC=CCC=CCC)CCC45CC35CCC12C. The van der Waals surface area contributed by atoms with Crippen LogP contribution in [0.4, 0.5) is 0 Å². The van der Waals surface area contributed by atoms with Crippen molar-refractivity contribution in [2.75, 3.05) is 0 Å². The Morgan fingerprint density at radius 1 is 0.804 bits per heavy atom. The maximum atomic E-state index is 13.0. The van der Waals surface area contributed by atoms with Crippen LogP contribution >= 0.6 is 0 Å². The Morgan fingerprint density at radius 2 is 1.51 bits per heavy atom. The van der Waals surface area contributed by atoms with Crippen LogP contribution in [0, 0.1) is 57.2 Å². The Balaban J connectivity index is 1.03. The number of ether oxygens (including phenoxy) is 1. The predicted molar refractivity (Wildman–Crippen MR) is 218 cm³/mol. The first kappa shape index (κ1) is 40.6. The second kappa shape index (κ2) is 17.7. The Labute approximate surface area is 316 Å². The van der Waals surface area contributed by atoms with Crippen LogP contribution in [-0.4, -0.2) is 12.1 Å². The second-order valence-corrected chi connectivity index (χ2v) is 19.2. The number of carbonyl (C=O) groups is 1. The van der Waals surface area contributed by atoms with E-state index in [1.54, 1.807) is 0 Å². The zero-order valence-corrected chi connectivity index (χ0v) is 34.6. The van der Waals surface area contributed by atoms with Crippen molar-refractivity contribution in [3.63, 3.8) is 0 Å². The number of hydrogen-bond acceptors (Lipinski definition) is 2. The van der Waals surface area contributed by atoms with Gasteiger partial charge in [0.1, 0.15) is 6.10 Å². The molecule has 0 amide bonds. The van der Waals surface area contributed by atoms with Gasteiger partial charge in [-0.2, -0.15) is 0 Å². The van der Waals surface area contributed by atoms with E-state index in [1.807, 2.05) is 0 Å². The average Bonchev–Trinajstić information content (AvgIpc) is 3.69. The molecule has 2 spiro atoms. The van der Waals surface area contributed by atoms with Crippen LogP contribution < -0.4 is 0 Å². The lowest BCUT2D eigenvalue weighted by Crippen LogP contribution is -2.56. The molecule has 51 heavy (non-hydrogen) atoms. The fraction of sp³-hybridized carbons (Fsp3) is 0.816. The van der Waals surface area contributed by atoms with E-state index in [0.29, 0.717) is 39.9 Å². The van der Waals surface area contributed by atoms with Crippen LogP contribution in [0.1, 0.15) is 190 Å². The van der Waals surface area contributed by atoms with Crippen LogP contribution in [0.3, 0.4) is 0 Å². The summed E-state index contributed by atoms with van der Waals surface area (Å²) in [6, 6.07) is 0. The lowest BCUT2D eigenvalue weighted by molar-refractivity contribution is -0.167. The maximum Gasteiger partial charge on any atom is 0.306 e. The standard InChI is InChI=1S/C49H80O2/c1-9-11-12-13-14-15-16-17-18-19-20-21-22-23-24-25-45(50)51-43-31-33-48-36-49(48)35-34-46(7)41(38(5)26-27-40(10-2)37(3)4)30-32-47(46,8)44(49)29-28-42(48)39(43)6/h11-12,14-15,17-18,38-44H,3,9-10,13,16,19-36H2,1-2,4-8H3. The summed E-state index contributed by atoms with van der Waals surface area (Å²) in [5.41, 5.74) is 3.49. The Bertz CT molecular complexity index is 1240. The van der Waals surface area contributed by atoms with E-state index >= 15 is 0 Å². The molecule has 0 N–H and O–H groups in total. The highest BCUT2D eigenvalue weighted by atomic mass is 16.5. The molecule has 0 radical (unpaired) electrons. The van der Waals surface area contributed by atoms with Crippen LogP contribution in [-0.2, 0) is 9.53 Å². The van der Waals surface area contributed by atoms with E-state index in [2.05, 4.69) is 91.5 Å². The summed E-state index contributed by atoms with van der Waals surface area (Å²) >= 11 is 0. The molecule has 0 aliphatic heterocycles. The van der Waals surface area contributed by atoms with Crippen molar-refractivity contribution in [3.8, 4) is 0 Å². The molecule has 11 atom stereocenters. The first-order valence-corrected chi connectivity index (χ1v) is 22.3. The van der Waals surface area contributed by atoms with Gasteiger partial charge in [-0.3, -0.25) is 4.79 Å². The molecule has 0 aromatic rings. The van der Waals surface area contributed by atoms with Gasteiger partial charge in [0.25, 0.3) is 0 Å². The summed E-state index contributed by atoms with van der Waals surface area (Å²) in [6.45, 7) is 21.7. The highest BCUT2D eigenvalue weighted by molar-refractivity contribution is 5.69. The number of rotatable bonds is 20. The zero-order valence-electron chi connectivity index (χ0n) is 34.6. The first-order chi connectivity index (χ1) is 24.5. The van der Waals surface area contributed by atoms with Crippen molar-refractivity contribution in [3.05, 3.63) is 48.6 Å². The molecule has 5 aliphatic carbocycles. The molecule has 2 heteroatoms. The van der Waals surface area contributed by atoms with Gasteiger partial charge in [-0.05, 0) is 180 Å². The van der Waals surface area contributed by atoms with Crippen LogP contribution in [0.15, 0.2) is 48.6 Å². The molecule has 288 valence electrons. The van der Waals surface area contributed by atoms with Crippen LogP contribution in [0.25, 0.3) is 0 Å². The van der Waals surface area contributed by atoms with E-state index in [4.69, 9.17) is 4.74 Å². The molecule has 11 unspecified atom stereocenters. The van der Waals surface area contributed by atoms with Gasteiger partial charge < -0.3 is 4.74 Å². The molecule has 5 saturated carbocycles. The molecule has 0 saturated heterocycles. The van der Waals surface area contributed by atoms with Gasteiger partial charge in [0.15, 0.2) is 0 Å². The average molecular weight is 701 g/mol. The van der Waals surface area contributed by atoms with E-state index in [9.17, 15) is 4.79 Å². The van der Waals surface area contributed by atoms with Gasteiger partial charge in [-0.1, -0.05) is 109 Å². The predicted octanol–water partition coefficient (Wildman–Crippen LogP) is 14.6. The number of esters is 1. The first-order valence-electron chi connectivity index (χ1n) is 22.3. The summed E-state index contributed by atoms with van der Waals surface area (Å²) in [7, 11) is 0. The minimum atomic E-state index is 0.0729. The lowest BCUT2D eigenvalue weighted by Gasteiger charge is -2.62. The maximum absolute atomic E-state index is 13.0.